The summed E-state index contributed by atoms with van der Waals surface area (Å²) in [6.07, 6.45) is 3.21. The number of likely N-dealkylation sites (N-methyl/N-ethyl adjacent to an activating group) is 1. The van der Waals surface area contributed by atoms with Crippen LogP contribution in [-0.2, 0) is 11.3 Å². The van der Waals surface area contributed by atoms with Crippen molar-refractivity contribution in [1.82, 2.24) is 20.7 Å². The van der Waals surface area contributed by atoms with Crippen LogP contribution in [0.15, 0.2) is 15.6 Å². The van der Waals surface area contributed by atoms with Gasteiger partial charge in [0.15, 0.2) is 11.7 Å². The summed E-state index contributed by atoms with van der Waals surface area (Å²) < 4.78 is 10.5. The maximum absolute atomic E-state index is 5.43. The molecule has 1 rings (SSSR count). The minimum absolute atomic E-state index is 0. The molecule has 8 heteroatoms. The van der Waals surface area contributed by atoms with Crippen molar-refractivity contribution in [2.45, 2.75) is 45.6 Å². The van der Waals surface area contributed by atoms with Gasteiger partial charge in [-0.3, -0.25) is 4.99 Å². The largest absolute Gasteiger partial charge is 0.385 e. The smallest absolute Gasteiger partial charge is 0.191 e. The molecule has 152 valence electrons. The molecule has 0 saturated heterocycles. The number of methoxy groups -OCH3 is 1. The number of nitrogens with zero attached hydrogens (tertiary/aromatic N) is 3. The van der Waals surface area contributed by atoms with Gasteiger partial charge in [-0.15, -0.1) is 24.0 Å². The third-order valence-corrected chi connectivity index (χ3v) is 4.31. The Bertz CT molecular complexity index is 492. The summed E-state index contributed by atoms with van der Waals surface area (Å²) in [6.45, 7) is 8.55. The molecule has 0 amide bonds. The minimum atomic E-state index is 0. The van der Waals surface area contributed by atoms with Crippen LogP contribution >= 0.6 is 24.0 Å². The van der Waals surface area contributed by atoms with Crippen LogP contribution in [0.1, 0.15) is 50.5 Å². The van der Waals surface area contributed by atoms with Gasteiger partial charge in [-0.25, -0.2) is 0 Å². The van der Waals surface area contributed by atoms with Crippen LogP contribution in [0.2, 0.25) is 0 Å². The predicted molar refractivity (Wildman–Crippen MR) is 117 cm³/mol. The van der Waals surface area contributed by atoms with E-state index >= 15 is 0 Å². The van der Waals surface area contributed by atoms with Crippen molar-refractivity contribution in [3.05, 3.63) is 17.5 Å². The Kier molecular flexibility index (Phi) is 14.7. The molecule has 0 atom stereocenters. The van der Waals surface area contributed by atoms with Gasteiger partial charge in [0.2, 0.25) is 0 Å². The lowest BCUT2D eigenvalue weighted by Crippen LogP contribution is -2.40. The summed E-state index contributed by atoms with van der Waals surface area (Å²) in [7, 11) is 5.62. The summed E-state index contributed by atoms with van der Waals surface area (Å²) in [5.41, 5.74) is 1.04. The third-order valence-electron chi connectivity index (χ3n) is 4.31. The number of rotatable bonds is 12. The highest BCUT2D eigenvalue weighted by Gasteiger charge is 2.13. The first-order chi connectivity index (χ1) is 12.1. The molecule has 1 aromatic rings. The first kappa shape index (κ1) is 25.1. The average molecular weight is 481 g/mol. The fourth-order valence-electron chi connectivity index (χ4n) is 2.66. The van der Waals surface area contributed by atoms with E-state index in [1.807, 2.05) is 6.07 Å². The van der Waals surface area contributed by atoms with E-state index < -0.39 is 0 Å². The second-order valence-electron chi connectivity index (χ2n) is 6.23. The molecular weight excluding hydrogens is 445 g/mol. The van der Waals surface area contributed by atoms with E-state index in [1.54, 1.807) is 14.2 Å². The van der Waals surface area contributed by atoms with E-state index in [-0.39, 0.29) is 24.0 Å². The molecular formula is C18H36IN5O2. The Hall–Kier alpha value is -0.870. The molecule has 2 N–H and O–H groups in total. The highest BCUT2D eigenvalue weighted by molar-refractivity contribution is 14.0. The monoisotopic (exact) mass is 481 g/mol. The van der Waals surface area contributed by atoms with Crippen molar-refractivity contribution >= 4 is 29.9 Å². The van der Waals surface area contributed by atoms with E-state index in [0.717, 1.165) is 62.9 Å². The van der Waals surface area contributed by atoms with Gasteiger partial charge in [0, 0.05) is 52.4 Å². The van der Waals surface area contributed by atoms with Gasteiger partial charge in [0.05, 0.1) is 12.2 Å². The quantitative estimate of drug-likeness (QED) is 0.207. The Balaban J connectivity index is 0.00000625. The lowest BCUT2D eigenvalue weighted by Gasteiger charge is -2.17. The van der Waals surface area contributed by atoms with Gasteiger partial charge in [-0.2, -0.15) is 0 Å². The Morgan fingerprint density at radius 1 is 1.31 bits per heavy atom. The third kappa shape index (κ3) is 9.72. The van der Waals surface area contributed by atoms with Gasteiger partial charge in [-0.1, -0.05) is 19.0 Å². The lowest BCUT2D eigenvalue weighted by atomic mass is 9.99. The van der Waals surface area contributed by atoms with Crippen molar-refractivity contribution in [2.75, 3.05) is 47.4 Å². The molecule has 1 aromatic heterocycles. The lowest BCUT2D eigenvalue weighted by molar-refractivity contribution is 0.180. The predicted octanol–water partition coefficient (Wildman–Crippen LogP) is 2.83. The molecule has 0 spiro atoms. The molecule has 0 bridgehead atoms. The standard InChI is InChI=1S/C18H35N5O2.HI/c1-6-15(7-2)17-13-16(25-22-17)14-21-18(19-3)20-9-11-23(4)10-8-12-24-5;/h13,15H,6-12,14H2,1-5H3,(H2,19,20,21);1H. The van der Waals surface area contributed by atoms with Gasteiger partial charge in [0.25, 0.3) is 0 Å². The molecule has 0 aromatic carbocycles. The maximum Gasteiger partial charge on any atom is 0.191 e. The molecule has 0 aliphatic heterocycles. The van der Waals surface area contributed by atoms with Crippen LogP contribution in [0.3, 0.4) is 0 Å². The molecule has 0 saturated carbocycles. The number of hydrogen-bond acceptors (Lipinski definition) is 5. The number of ether oxygens (including phenoxy) is 1. The second-order valence-corrected chi connectivity index (χ2v) is 6.23. The van der Waals surface area contributed by atoms with E-state index in [0.29, 0.717) is 12.5 Å². The number of halogens is 1. The van der Waals surface area contributed by atoms with Gasteiger partial charge in [-0.05, 0) is 26.3 Å². The Labute approximate surface area is 175 Å². The van der Waals surface area contributed by atoms with Crippen molar-refractivity contribution in [1.29, 1.82) is 0 Å². The minimum Gasteiger partial charge on any atom is -0.385 e. The number of guanidine groups is 1. The van der Waals surface area contributed by atoms with Crippen molar-refractivity contribution < 1.29 is 9.26 Å². The van der Waals surface area contributed by atoms with E-state index in [4.69, 9.17) is 9.26 Å². The zero-order valence-corrected chi connectivity index (χ0v) is 19.2. The zero-order valence-electron chi connectivity index (χ0n) is 16.9. The first-order valence-electron chi connectivity index (χ1n) is 9.22. The summed E-state index contributed by atoms with van der Waals surface area (Å²) in [5, 5.41) is 10.8. The molecule has 0 fully saturated rings. The molecule has 0 aliphatic carbocycles. The average Bonchev–Trinajstić information content (AvgIpc) is 3.08. The highest BCUT2D eigenvalue weighted by atomic mass is 127. The molecule has 1 heterocycles. The number of aromatic nitrogens is 1. The van der Waals surface area contributed by atoms with E-state index in [9.17, 15) is 0 Å². The summed E-state index contributed by atoms with van der Waals surface area (Å²) in [6, 6.07) is 2.04. The highest BCUT2D eigenvalue weighted by Crippen LogP contribution is 2.22. The summed E-state index contributed by atoms with van der Waals surface area (Å²) >= 11 is 0. The summed E-state index contributed by atoms with van der Waals surface area (Å²) in [5.74, 6) is 2.08. The Morgan fingerprint density at radius 3 is 2.65 bits per heavy atom. The molecule has 0 aliphatic rings. The van der Waals surface area contributed by atoms with Crippen LogP contribution in [0, 0.1) is 0 Å². The van der Waals surface area contributed by atoms with Gasteiger partial charge >= 0.3 is 0 Å². The topological polar surface area (TPSA) is 74.9 Å². The first-order valence-corrected chi connectivity index (χ1v) is 9.22. The number of nitrogens with one attached hydrogen (secondary N) is 2. The maximum atomic E-state index is 5.43. The zero-order chi connectivity index (χ0) is 18.5. The van der Waals surface area contributed by atoms with Crippen LogP contribution in [-0.4, -0.2) is 63.5 Å². The fourth-order valence-corrected chi connectivity index (χ4v) is 2.66. The van der Waals surface area contributed by atoms with Crippen LogP contribution in [0.4, 0.5) is 0 Å². The van der Waals surface area contributed by atoms with Crippen LogP contribution < -0.4 is 10.6 Å². The Morgan fingerprint density at radius 2 is 2.04 bits per heavy atom. The van der Waals surface area contributed by atoms with Crippen molar-refractivity contribution in [2.24, 2.45) is 4.99 Å². The fraction of sp³-hybridized carbons (Fsp3) is 0.778. The van der Waals surface area contributed by atoms with Gasteiger partial charge in [0.1, 0.15) is 0 Å². The van der Waals surface area contributed by atoms with Crippen LogP contribution in [0.5, 0.6) is 0 Å². The summed E-state index contributed by atoms with van der Waals surface area (Å²) in [4.78, 5) is 6.52. The molecule has 26 heavy (non-hydrogen) atoms. The second kappa shape index (κ2) is 15.2. The van der Waals surface area contributed by atoms with E-state index in [1.165, 1.54) is 0 Å². The molecule has 0 unspecified atom stereocenters. The van der Waals surface area contributed by atoms with Crippen molar-refractivity contribution in [3.63, 3.8) is 0 Å². The normalized spacial score (nSPS) is 11.7. The van der Waals surface area contributed by atoms with Gasteiger partial charge < -0.3 is 24.8 Å². The van der Waals surface area contributed by atoms with E-state index in [2.05, 4.69) is 46.6 Å². The number of hydrogen-bond donors (Lipinski definition) is 2. The SMILES string of the molecule is CCC(CC)c1cc(CNC(=NC)NCCN(C)CCCOC)on1.I. The van der Waals surface area contributed by atoms with Crippen molar-refractivity contribution in [3.8, 4) is 0 Å². The molecule has 7 nitrogen and oxygen atoms in total. The molecule has 0 radical (unpaired) electrons. The number of aliphatic imine (C=N–C) groups is 1. The van der Waals surface area contributed by atoms with Crippen LogP contribution in [0.25, 0.3) is 0 Å².